The summed E-state index contributed by atoms with van der Waals surface area (Å²) >= 11 is 11.2. The number of carbonyl (C=O) groups excluding carboxylic acids is 1. The van der Waals surface area contributed by atoms with Gasteiger partial charge in [0.15, 0.2) is 0 Å². The zero-order valence-corrected chi connectivity index (χ0v) is 11.2. The topological polar surface area (TPSA) is 29.5 Å². The van der Waals surface area contributed by atoms with E-state index in [1.807, 2.05) is 12.1 Å². The number of hydrogen-bond donors (Lipinski definition) is 0. The molecule has 0 radical (unpaired) electrons. The van der Waals surface area contributed by atoms with Crippen molar-refractivity contribution in [3.63, 3.8) is 0 Å². The quantitative estimate of drug-likeness (QED) is 0.590. The third-order valence-corrected chi connectivity index (χ3v) is 2.74. The Hall–Kier alpha value is -0.930. The van der Waals surface area contributed by atoms with E-state index in [1.165, 1.54) is 0 Å². The van der Waals surface area contributed by atoms with Crippen molar-refractivity contribution in [1.82, 2.24) is 4.90 Å². The van der Waals surface area contributed by atoms with E-state index >= 15 is 0 Å². The van der Waals surface area contributed by atoms with Crippen LogP contribution in [0.25, 0.3) is 0 Å². The van der Waals surface area contributed by atoms with Gasteiger partial charge in [0.1, 0.15) is 11.6 Å². The largest absolute Gasteiger partial charge is 0.494 e. The second kappa shape index (κ2) is 7.41. The lowest BCUT2D eigenvalue weighted by atomic mass is 10.3. The van der Waals surface area contributed by atoms with E-state index in [-0.39, 0.29) is 11.8 Å². The van der Waals surface area contributed by atoms with Gasteiger partial charge in [-0.2, -0.15) is 0 Å². The summed E-state index contributed by atoms with van der Waals surface area (Å²) in [6.07, 6.45) is 0.766. The van der Waals surface area contributed by atoms with Crippen LogP contribution in [-0.2, 0) is 4.79 Å². The van der Waals surface area contributed by atoms with Crippen LogP contribution in [0.5, 0.6) is 5.75 Å². The molecule has 0 aromatic heterocycles. The number of carbonyl (C=O) groups is 1. The fraction of sp³-hybridized carbons (Fsp3) is 0.417. The standard InChI is InChI=1S/C12H15Cl2NO2/c1-15(12(16)9-13)7-2-8-17-11-5-3-10(14)4-6-11/h3-6H,2,7-9H2,1H3. The van der Waals surface area contributed by atoms with Crippen molar-refractivity contribution in [1.29, 1.82) is 0 Å². The van der Waals surface area contributed by atoms with Crippen LogP contribution in [0.4, 0.5) is 0 Å². The second-order valence-electron chi connectivity index (χ2n) is 3.60. The Morgan fingerprint density at radius 3 is 2.59 bits per heavy atom. The number of amides is 1. The SMILES string of the molecule is CN(CCCOc1ccc(Cl)cc1)C(=O)CCl. The van der Waals surface area contributed by atoms with Crippen LogP contribution in [-0.4, -0.2) is 36.9 Å². The smallest absolute Gasteiger partial charge is 0.237 e. The lowest BCUT2D eigenvalue weighted by Gasteiger charge is -2.15. The molecule has 1 rings (SSSR count). The third-order valence-electron chi connectivity index (χ3n) is 2.26. The van der Waals surface area contributed by atoms with Gasteiger partial charge >= 0.3 is 0 Å². The van der Waals surface area contributed by atoms with Gasteiger partial charge in [0, 0.05) is 18.6 Å². The maximum atomic E-state index is 11.2. The molecule has 5 heteroatoms. The minimum Gasteiger partial charge on any atom is -0.494 e. The highest BCUT2D eigenvalue weighted by Gasteiger charge is 2.05. The summed E-state index contributed by atoms with van der Waals surface area (Å²) < 4.78 is 5.50. The number of benzene rings is 1. The van der Waals surface area contributed by atoms with Gasteiger partial charge in [0.2, 0.25) is 5.91 Å². The maximum absolute atomic E-state index is 11.2. The van der Waals surface area contributed by atoms with Gasteiger partial charge in [0.25, 0.3) is 0 Å². The highest BCUT2D eigenvalue weighted by molar-refractivity contribution is 6.30. The molecule has 1 amide bonds. The van der Waals surface area contributed by atoms with Crippen LogP contribution < -0.4 is 4.74 Å². The molecule has 17 heavy (non-hydrogen) atoms. The Morgan fingerprint density at radius 1 is 1.35 bits per heavy atom. The van der Waals surface area contributed by atoms with Gasteiger partial charge in [-0.1, -0.05) is 11.6 Å². The molecule has 1 aromatic rings. The van der Waals surface area contributed by atoms with Crippen molar-refractivity contribution in [2.45, 2.75) is 6.42 Å². The van der Waals surface area contributed by atoms with Crippen molar-refractivity contribution >= 4 is 29.1 Å². The summed E-state index contributed by atoms with van der Waals surface area (Å²) in [6.45, 7) is 1.20. The van der Waals surface area contributed by atoms with E-state index in [2.05, 4.69) is 0 Å². The molecule has 0 unspecified atom stereocenters. The minimum atomic E-state index is -0.0711. The normalized spacial score (nSPS) is 10.1. The zero-order chi connectivity index (χ0) is 12.7. The van der Waals surface area contributed by atoms with Gasteiger partial charge in [-0.25, -0.2) is 0 Å². The van der Waals surface area contributed by atoms with Crippen LogP contribution in [0.1, 0.15) is 6.42 Å². The van der Waals surface area contributed by atoms with Gasteiger partial charge in [-0.05, 0) is 30.7 Å². The van der Waals surface area contributed by atoms with Crippen molar-refractivity contribution < 1.29 is 9.53 Å². The molecule has 0 heterocycles. The highest BCUT2D eigenvalue weighted by atomic mass is 35.5. The van der Waals surface area contributed by atoms with Crippen molar-refractivity contribution in [3.8, 4) is 5.75 Å². The van der Waals surface area contributed by atoms with E-state index in [0.29, 0.717) is 18.2 Å². The molecular weight excluding hydrogens is 261 g/mol. The molecular formula is C12H15Cl2NO2. The molecule has 0 saturated heterocycles. The first kappa shape index (κ1) is 14.1. The highest BCUT2D eigenvalue weighted by Crippen LogP contribution is 2.15. The van der Waals surface area contributed by atoms with Gasteiger partial charge in [-0.3, -0.25) is 4.79 Å². The number of rotatable bonds is 6. The van der Waals surface area contributed by atoms with Crippen molar-refractivity contribution in [3.05, 3.63) is 29.3 Å². The van der Waals surface area contributed by atoms with Crippen molar-refractivity contribution in [2.75, 3.05) is 26.1 Å². The Kier molecular flexibility index (Phi) is 6.16. The first-order chi connectivity index (χ1) is 8.13. The van der Waals surface area contributed by atoms with E-state index in [9.17, 15) is 4.79 Å². The Balaban J connectivity index is 2.20. The van der Waals surface area contributed by atoms with E-state index in [0.717, 1.165) is 12.2 Å². The van der Waals surface area contributed by atoms with E-state index in [1.54, 1.807) is 24.1 Å². The fourth-order valence-electron chi connectivity index (χ4n) is 1.25. The Morgan fingerprint density at radius 2 is 2.00 bits per heavy atom. The summed E-state index contributed by atoms with van der Waals surface area (Å²) in [7, 11) is 1.73. The van der Waals surface area contributed by atoms with Gasteiger partial charge in [-0.15, -0.1) is 11.6 Å². The molecule has 0 spiro atoms. The Labute approximate surface area is 111 Å². The van der Waals surface area contributed by atoms with Crippen LogP contribution in [0, 0.1) is 0 Å². The number of hydrogen-bond acceptors (Lipinski definition) is 2. The van der Waals surface area contributed by atoms with Crippen LogP contribution in [0.3, 0.4) is 0 Å². The summed E-state index contributed by atoms with van der Waals surface area (Å²) in [4.78, 5) is 12.7. The Bertz CT molecular complexity index is 354. The average Bonchev–Trinajstić information content (AvgIpc) is 2.35. The maximum Gasteiger partial charge on any atom is 0.237 e. The van der Waals surface area contributed by atoms with Crippen LogP contribution in [0.2, 0.25) is 5.02 Å². The predicted molar refractivity (Wildman–Crippen MR) is 69.9 cm³/mol. The molecule has 0 N–H and O–H groups in total. The first-order valence-corrected chi connectivity index (χ1v) is 6.23. The van der Waals surface area contributed by atoms with Crippen molar-refractivity contribution in [2.24, 2.45) is 0 Å². The van der Waals surface area contributed by atoms with E-state index < -0.39 is 0 Å². The molecule has 0 aliphatic carbocycles. The summed E-state index contributed by atoms with van der Waals surface area (Å²) in [5, 5.41) is 0.685. The fourth-order valence-corrected chi connectivity index (χ4v) is 1.58. The lowest BCUT2D eigenvalue weighted by Crippen LogP contribution is -2.29. The molecule has 0 aliphatic rings. The number of alkyl halides is 1. The first-order valence-electron chi connectivity index (χ1n) is 5.32. The molecule has 3 nitrogen and oxygen atoms in total. The van der Waals surface area contributed by atoms with E-state index in [4.69, 9.17) is 27.9 Å². The number of halogens is 2. The molecule has 0 bridgehead atoms. The van der Waals surface area contributed by atoms with Crippen LogP contribution >= 0.6 is 23.2 Å². The molecule has 1 aromatic carbocycles. The van der Waals surface area contributed by atoms with Gasteiger partial charge in [0.05, 0.1) is 6.61 Å². The predicted octanol–water partition coefficient (Wildman–Crippen LogP) is 2.81. The number of ether oxygens (including phenoxy) is 1. The summed E-state index contributed by atoms with van der Waals surface area (Å²) in [5.74, 6) is 0.730. The molecule has 94 valence electrons. The zero-order valence-electron chi connectivity index (χ0n) is 9.66. The number of nitrogens with zero attached hydrogens (tertiary/aromatic N) is 1. The monoisotopic (exact) mass is 275 g/mol. The third kappa shape index (κ3) is 5.29. The van der Waals surface area contributed by atoms with Gasteiger partial charge < -0.3 is 9.64 Å². The lowest BCUT2D eigenvalue weighted by molar-refractivity contribution is -0.127. The molecule has 0 fully saturated rings. The van der Waals surface area contributed by atoms with Crippen LogP contribution in [0.15, 0.2) is 24.3 Å². The molecule has 0 saturated carbocycles. The molecule has 0 aliphatic heterocycles. The summed E-state index contributed by atoms with van der Waals surface area (Å²) in [6, 6.07) is 7.19. The molecule has 0 atom stereocenters. The second-order valence-corrected chi connectivity index (χ2v) is 4.31. The average molecular weight is 276 g/mol. The minimum absolute atomic E-state index is 0.0224. The summed E-state index contributed by atoms with van der Waals surface area (Å²) in [5.41, 5.74) is 0.